The van der Waals surface area contributed by atoms with Crippen LogP contribution in [0.5, 0.6) is 0 Å². The topological polar surface area (TPSA) is 43.4 Å². The first-order chi connectivity index (χ1) is 8.45. The molecule has 0 radical (unpaired) electrons. The molecule has 108 valence electrons. The zero-order valence-electron chi connectivity index (χ0n) is 10.8. The van der Waals surface area contributed by atoms with E-state index in [0.717, 1.165) is 52.6 Å². The van der Waals surface area contributed by atoms with E-state index in [0.29, 0.717) is 20.3 Å². The highest BCUT2D eigenvalue weighted by Gasteiger charge is 2.11. The molecule has 0 saturated carbocycles. The van der Waals surface area contributed by atoms with Crippen LogP contribution in [0.4, 0.5) is 0 Å². The summed E-state index contributed by atoms with van der Waals surface area (Å²) in [7, 11) is 0. The first kappa shape index (κ1) is 16.2. The van der Waals surface area contributed by atoms with E-state index in [2.05, 4.69) is 9.80 Å². The second kappa shape index (κ2) is 9.96. The van der Waals surface area contributed by atoms with Crippen LogP contribution in [0, 0.1) is 0 Å². The smallest absolute Gasteiger partial charge is 0.150 e. The highest BCUT2D eigenvalue weighted by Crippen LogP contribution is 1.98. The minimum absolute atomic E-state index is 0. The molecule has 0 N–H and O–H groups in total. The summed E-state index contributed by atoms with van der Waals surface area (Å²) in [5, 5.41) is 0. The average molecular weight is 280 g/mol. The monoisotopic (exact) mass is 280 g/mol. The van der Waals surface area contributed by atoms with E-state index in [9.17, 15) is 0 Å². The highest BCUT2D eigenvalue weighted by atomic mass is 32.1. The number of hydrogen-bond acceptors (Lipinski definition) is 6. The average Bonchev–Trinajstić information content (AvgIpc) is 2.41. The molecule has 2 aliphatic rings. The fraction of sp³-hybridized carbons (Fsp3) is 1.00. The minimum atomic E-state index is 0. The van der Waals surface area contributed by atoms with Crippen molar-refractivity contribution in [3.8, 4) is 0 Å². The molecule has 0 atom stereocenters. The summed E-state index contributed by atoms with van der Waals surface area (Å²) in [4.78, 5) is 4.45. The molecule has 0 bridgehead atoms. The summed E-state index contributed by atoms with van der Waals surface area (Å²) >= 11 is 0. The lowest BCUT2D eigenvalue weighted by atomic mass is 10.5. The number of ether oxygens (including phenoxy) is 4. The van der Waals surface area contributed by atoms with Gasteiger partial charge in [0, 0.05) is 26.2 Å². The fourth-order valence-corrected chi connectivity index (χ4v) is 1.85. The largest absolute Gasteiger partial charge is 0.379 e. The summed E-state index contributed by atoms with van der Waals surface area (Å²) < 4.78 is 21.4. The Morgan fingerprint density at radius 3 is 1.50 bits per heavy atom. The second-order valence-corrected chi connectivity index (χ2v) is 4.25. The summed E-state index contributed by atoms with van der Waals surface area (Å²) in [5.74, 6) is 0. The molecule has 0 amide bonds. The molecule has 2 fully saturated rings. The van der Waals surface area contributed by atoms with Crippen LogP contribution in [0.3, 0.4) is 0 Å². The molecule has 0 aliphatic carbocycles. The Kier molecular flexibility index (Phi) is 8.95. The van der Waals surface area contributed by atoms with Crippen LogP contribution in [0.2, 0.25) is 0 Å². The van der Waals surface area contributed by atoms with Crippen molar-refractivity contribution in [2.45, 2.75) is 0 Å². The molecule has 0 aromatic carbocycles. The molecule has 7 heteroatoms. The summed E-state index contributed by atoms with van der Waals surface area (Å²) in [6, 6.07) is 0. The van der Waals surface area contributed by atoms with Gasteiger partial charge in [-0.3, -0.25) is 9.80 Å². The molecule has 0 spiro atoms. The van der Waals surface area contributed by atoms with Gasteiger partial charge in [0.05, 0.1) is 26.4 Å². The van der Waals surface area contributed by atoms with Crippen molar-refractivity contribution in [2.75, 3.05) is 72.9 Å². The van der Waals surface area contributed by atoms with Crippen molar-refractivity contribution < 1.29 is 18.9 Å². The Balaban J connectivity index is 0.00000162. The third-order valence-corrected chi connectivity index (χ3v) is 2.92. The van der Waals surface area contributed by atoms with E-state index in [1.165, 1.54) is 0 Å². The van der Waals surface area contributed by atoms with E-state index in [4.69, 9.17) is 18.9 Å². The number of nitrogens with zero attached hydrogens (tertiary/aromatic N) is 2. The summed E-state index contributed by atoms with van der Waals surface area (Å²) in [6.07, 6.45) is 0. The number of rotatable bonds is 6. The quantitative estimate of drug-likeness (QED) is 0.490. The summed E-state index contributed by atoms with van der Waals surface area (Å²) in [6.45, 7) is 8.62. The first-order valence-corrected chi connectivity index (χ1v) is 6.21. The second-order valence-electron chi connectivity index (χ2n) is 4.25. The number of morpholine rings is 2. The van der Waals surface area contributed by atoms with Crippen LogP contribution in [0.1, 0.15) is 0 Å². The van der Waals surface area contributed by atoms with Crippen molar-refractivity contribution in [2.24, 2.45) is 0 Å². The van der Waals surface area contributed by atoms with Crippen molar-refractivity contribution in [3.05, 3.63) is 0 Å². The minimum Gasteiger partial charge on any atom is -0.379 e. The first-order valence-electron chi connectivity index (χ1n) is 6.21. The number of hydrogen-bond donors (Lipinski definition) is 0. The van der Waals surface area contributed by atoms with E-state index in [-0.39, 0.29) is 13.5 Å². The van der Waals surface area contributed by atoms with Gasteiger partial charge < -0.3 is 18.9 Å². The molecule has 2 heterocycles. The van der Waals surface area contributed by atoms with Crippen LogP contribution in [0.25, 0.3) is 0 Å². The standard InChI is InChI=1S/C11H22N2O4.H2S/c1-5-14-6-2-12(1)9-16-11-17-10-13-3-7-15-8-4-13;/h1-11H2;1H2. The molecule has 0 unspecified atom stereocenters. The van der Waals surface area contributed by atoms with Crippen LogP contribution in [0.15, 0.2) is 0 Å². The molecule has 6 nitrogen and oxygen atoms in total. The predicted molar refractivity (Wildman–Crippen MR) is 71.9 cm³/mol. The van der Waals surface area contributed by atoms with Gasteiger partial charge in [-0.25, -0.2) is 0 Å². The van der Waals surface area contributed by atoms with E-state index in [1.54, 1.807) is 0 Å². The summed E-state index contributed by atoms with van der Waals surface area (Å²) in [5.41, 5.74) is 0. The molecule has 2 rings (SSSR count). The van der Waals surface area contributed by atoms with Gasteiger partial charge in [-0.2, -0.15) is 13.5 Å². The van der Waals surface area contributed by atoms with Gasteiger partial charge >= 0.3 is 0 Å². The van der Waals surface area contributed by atoms with Crippen LogP contribution in [-0.4, -0.2) is 82.7 Å². The SMILES string of the molecule is C1CN(COCOCN2CCOCC2)CCO1.S. The maximum absolute atomic E-state index is 5.45. The van der Waals surface area contributed by atoms with Gasteiger partial charge in [-0.1, -0.05) is 0 Å². The lowest BCUT2D eigenvalue weighted by Gasteiger charge is -2.27. The van der Waals surface area contributed by atoms with Crippen molar-refractivity contribution in [1.29, 1.82) is 0 Å². The van der Waals surface area contributed by atoms with E-state index < -0.39 is 0 Å². The lowest BCUT2D eigenvalue weighted by molar-refractivity contribution is -0.133. The van der Waals surface area contributed by atoms with Gasteiger partial charge in [0.15, 0.2) is 0 Å². The van der Waals surface area contributed by atoms with E-state index >= 15 is 0 Å². The fourth-order valence-electron chi connectivity index (χ4n) is 1.85. The zero-order chi connectivity index (χ0) is 11.8. The molecular weight excluding hydrogens is 256 g/mol. The third kappa shape index (κ3) is 6.33. The third-order valence-electron chi connectivity index (χ3n) is 2.92. The van der Waals surface area contributed by atoms with Crippen molar-refractivity contribution in [1.82, 2.24) is 9.80 Å². The lowest BCUT2D eigenvalue weighted by Crippen LogP contribution is -2.39. The van der Waals surface area contributed by atoms with Crippen molar-refractivity contribution >= 4 is 13.5 Å². The Labute approximate surface area is 116 Å². The van der Waals surface area contributed by atoms with Gasteiger partial charge in [0.25, 0.3) is 0 Å². The van der Waals surface area contributed by atoms with Crippen LogP contribution < -0.4 is 0 Å². The Morgan fingerprint density at radius 2 is 1.11 bits per heavy atom. The Bertz CT molecular complexity index is 179. The molecular formula is C11H24N2O4S. The van der Waals surface area contributed by atoms with Crippen molar-refractivity contribution in [3.63, 3.8) is 0 Å². The molecule has 0 aromatic rings. The maximum Gasteiger partial charge on any atom is 0.150 e. The van der Waals surface area contributed by atoms with Gasteiger partial charge in [0.2, 0.25) is 0 Å². The van der Waals surface area contributed by atoms with Crippen LogP contribution >= 0.6 is 13.5 Å². The highest BCUT2D eigenvalue weighted by molar-refractivity contribution is 7.59. The molecule has 0 aromatic heterocycles. The molecule has 2 saturated heterocycles. The maximum atomic E-state index is 5.45. The Morgan fingerprint density at radius 1 is 0.722 bits per heavy atom. The Hall–Kier alpha value is 0.110. The van der Waals surface area contributed by atoms with Gasteiger partial charge in [-0.05, 0) is 0 Å². The molecule has 2 aliphatic heterocycles. The van der Waals surface area contributed by atoms with Crippen LogP contribution in [-0.2, 0) is 18.9 Å². The predicted octanol–water partition coefficient (Wildman–Crippen LogP) is -0.331. The molecule has 18 heavy (non-hydrogen) atoms. The normalized spacial score (nSPS) is 22.7. The zero-order valence-corrected chi connectivity index (χ0v) is 11.8. The van der Waals surface area contributed by atoms with Gasteiger partial charge in [-0.15, -0.1) is 0 Å². The van der Waals surface area contributed by atoms with E-state index in [1.807, 2.05) is 0 Å². The van der Waals surface area contributed by atoms with Gasteiger partial charge in [0.1, 0.15) is 20.3 Å².